The van der Waals surface area contributed by atoms with Crippen LogP contribution >= 0.6 is 0 Å². The number of fused-ring (bicyclic) bond motifs is 1. The smallest absolute Gasteiger partial charge is 0.349 e. The summed E-state index contributed by atoms with van der Waals surface area (Å²) in [5.74, 6) is -1.28. The van der Waals surface area contributed by atoms with Gasteiger partial charge in [-0.1, -0.05) is 48.5 Å². The Balaban J connectivity index is 1.60. The highest BCUT2D eigenvalue weighted by molar-refractivity contribution is 5.97. The van der Waals surface area contributed by atoms with Crippen LogP contribution in [0.25, 0.3) is 11.0 Å². The summed E-state index contributed by atoms with van der Waals surface area (Å²) in [5, 5.41) is 2.99. The molecule has 3 aromatic rings. The summed E-state index contributed by atoms with van der Waals surface area (Å²) in [6.45, 7) is -0.217. The third-order valence-corrected chi connectivity index (χ3v) is 3.52. The van der Waals surface area contributed by atoms with Crippen LogP contribution in [0.2, 0.25) is 0 Å². The summed E-state index contributed by atoms with van der Waals surface area (Å²) in [6, 6.07) is 17.5. The van der Waals surface area contributed by atoms with Crippen LogP contribution in [0, 0.1) is 0 Å². The molecular weight excluding hydrogens is 322 g/mol. The van der Waals surface area contributed by atoms with Gasteiger partial charge >= 0.3 is 11.6 Å². The maximum atomic E-state index is 12.1. The number of amides is 1. The summed E-state index contributed by atoms with van der Waals surface area (Å²) in [5.41, 5.74) is 0.326. The van der Waals surface area contributed by atoms with Crippen molar-refractivity contribution in [3.05, 3.63) is 82.2 Å². The molecule has 3 rings (SSSR count). The fourth-order valence-electron chi connectivity index (χ4n) is 2.26. The van der Waals surface area contributed by atoms with Crippen molar-refractivity contribution in [2.24, 2.45) is 0 Å². The van der Waals surface area contributed by atoms with Crippen LogP contribution in [0.3, 0.4) is 0 Å². The van der Waals surface area contributed by atoms with Crippen LogP contribution in [0.5, 0.6) is 0 Å². The highest BCUT2D eigenvalue weighted by Gasteiger charge is 2.15. The van der Waals surface area contributed by atoms with Crippen molar-refractivity contribution in [3.63, 3.8) is 0 Å². The van der Waals surface area contributed by atoms with Gasteiger partial charge in [-0.05, 0) is 17.7 Å². The Morgan fingerprint density at radius 1 is 1.00 bits per heavy atom. The second-order valence-corrected chi connectivity index (χ2v) is 5.31. The van der Waals surface area contributed by atoms with Gasteiger partial charge in [0, 0.05) is 5.39 Å². The van der Waals surface area contributed by atoms with E-state index in [-0.39, 0.29) is 18.7 Å². The highest BCUT2D eigenvalue weighted by Crippen LogP contribution is 2.12. The largest absolute Gasteiger partial charge is 0.460 e. The average molecular weight is 337 g/mol. The molecule has 6 heteroatoms. The molecule has 0 saturated carbocycles. The molecule has 0 radical (unpaired) electrons. The lowest BCUT2D eigenvalue weighted by Gasteiger charge is -2.06. The zero-order valence-corrected chi connectivity index (χ0v) is 13.2. The van der Waals surface area contributed by atoms with Crippen LogP contribution < -0.4 is 10.9 Å². The van der Waals surface area contributed by atoms with E-state index in [1.165, 1.54) is 6.07 Å². The summed E-state index contributed by atoms with van der Waals surface area (Å²) < 4.78 is 10.2. The van der Waals surface area contributed by atoms with E-state index in [1.54, 1.807) is 24.3 Å². The van der Waals surface area contributed by atoms with Crippen LogP contribution in [0.4, 0.5) is 0 Å². The van der Waals surface area contributed by atoms with Gasteiger partial charge in [-0.3, -0.25) is 9.59 Å². The number of carbonyl (C=O) groups is 2. The molecule has 0 saturated heterocycles. The number of esters is 1. The molecule has 0 atom stereocenters. The molecule has 6 nitrogen and oxygen atoms in total. The van der Waals surface area contributed by atoms with Crippen molar-refractivity contribution in [2.45, 2.75) is 6.61 Å². The first-order chi connectivity index (χ1) is 12.1. The van der Waals surface area contributed by atoms with E-state index in [0.717, 1.165) is 5.56 Å². The van der Waals surface area contributed by atoms with E-state index < -0.39 is 17.5 Å². The number of benzene rings is 2. The van der Waals surface area contributed by atoms with E-state index in [0.29, 0.717) is 11.0 Å². The molecule has 0 bridgehead atoms. The Morgan fingerprint density at radius 2 is 1.72 bits per heavy atom. The molecule has 1 heterocycles. The van der Waals surface area contributed by atoms with Crippen LogP contribution in [-0.2, 0) is 16.1 Å². The summed E-state index contributed by atoms with van der Waals surface area (Å²) in [4.78, 5) is 35.7. The predicted molar refractivity (Wildman–Crippen MR) is 91.1 cm³/mol. The van der Waals surface area contributed by atoms with Gasteiger partial charge in [-0.25, -0.2) is 4.79 Å². The van der Waals surface area contributed by atoms with Crippen molar-refractivity contribution in [2.75, 3.05) is 6.54 Å². The lowest BCUT2D eigenvalue weighted by Crippen LogP contribution is -2.33. The minimum absolute atomic E-state index is 0.119. The predicted octanol–water partition coefficient (Wildman–Crippen LogP) is 2.27. The van der Waals surface area contributed by atoms with Gasteiger partial charge in [0.15, 0.2) is 0 Å². The van der Waals surface area contributed by atoms with Crippen LogP contribution in [0.15, 0.2) is 69.9 Å². The number of hydrogen-bond donors (Lipinski definition) is 1. The fourth-order valence-corrected chi connectivity index (χ4v) is 2.26. The molecular formula is C19H15NO5. The zero-order valence-electron chi connectivity index (χ0n) is 13.2. The van der Waals surface area contributed by atoms with Gasteiger partial charge in [-0.15, -0.1) is 0 Å². The van der Waals surface area contributed by atoms with E-state index in [2.05, 4.69) is 5.32 Å². The lowest BCUT2D eigenvalue weighted by atomic mass is 10.2. The number of ether oxygens (including phenoxy) is 1. The average Bonchev–Trinajstić information content (AvgIpc) is 2.64. The molecule has 126 valence electrons. The van der Waals surface area contributed by atoms with Crippen molar-refractivity contribution >= 4 is 22.8 Å². The Labute approximate surface area is 143 Å². The van der Waals surface area contributed by atoms with Gasteiger partial charge in [0.1, 0.15) is 24.3 Å². The second-order valence-electron chi connectivity index (χ2n) is 5.31. The minimum atomic E-state index is -0.756. The Bertz CT molecular complexity index is 962. The Kier molecular flexibility index (Phi) is 4.89. The van der Waals surface area contributed by atoms with E-state index in [4.69, 9.17) is 9.15 Å². The van der Waals surface area contributed by atoms with Crippen molar-refractivity contribution in [1.29, 1.82) is 0 Å². The molecule has 0 fully saturated rings. The number of para-hydroxylation sites is 1. The van der Waals surface area contributed by atoms with E-state index in [9.17, 15) is 14.4 Å². The van der Waals surface area contributed by atoms with Crippen LogP contribution in [-0.4, -0.2) is 18.4 Å². The van der Waals surface area contributed by atoms with E-state index >= 15 is 0 Å². The topological polar surface area (TPSA) is 85.6 Å². The van der Waals surface area contributed by atoms with Crippen molar-refractivity contribution in [1.82, 2.24) is 5.32 Å². The molecule has 0 aliphatic rings. The number of hydrogen-bond acceptors (Lipinski definition) is 5. The number of carbonyl (C=O) groups excluding carboxylic acids is 2. The van der Waals surface area contributed by atoms with Crippen molar-refractivity contribution in [3.8, 4) is 0 Å². The van der Waals surface area contributed by atoms with Gasteiger partial charge in [-0.2, -0.15) is 0 Å². The summed E-state index contributed by atoms with van der Waals surface area (Å²) >= 11 is 0. The Hall–Kier alpha value is -3.41. The van der Waals surface area contributed by atoms with Gasteiger partial charge in [0.2, 0.25) is 0 Å². The maximum absolute atomic E-state index is 12.1. The van der Waals surface area contributed by atoms with Gasteiger partial charge < -0.3 is 14.5 Å². The molecule has 0 unspecified atom stereocenters. The molecule has 1 amide bonds. The van der Waals surface area contributed by atoms with Gasteiger partial charge in [0.25, 0.3) is 5.91 Å². The number of nitrogens with one attached hydrogen (secondary N) is 1. The third-order valence-electron chi connectivity index (χ3n) is 3.52. The molecule has 0 spiro atoms. The first-order valence-electron chi connectivity index (χ1n) is 7.64. The molecule has 0 aliphatic carbocycles. The molecule has 25 heavy (non-hydrogen) atoms. The molecule has 1 N–H and O–H groups in total. The standard InChI is InChI=1S/C19H15NO5/c21-17(24-12-13-6-2-1-3-7-13)11-20-18(22)15-10-14-8-4-5-9-16(14)25-19(15)23/h1-10H,11-12H2,(H,20,22). The quantitative estimate of drug-likeness (QED) is 0.570. The lowest BCUT2D eigenvalue weighted by molar-refractivity contribution is -0.143. The van der Waals surface area contributed by atoms with E-state index in [1.807, 2.05) is 30.3 Å². The maximum Gasteiger partial charge on any atom is 0.349 e. The SMILES string of the molecule is O=C(CNC(=O)c1cc2ccccc2oc1=O)OCc1ccccc1. The summed E-state index contributed by atoms with van der Waals surface area (Å²) in [7, 11) is 0. The monoisotopic (exact) mass is 337 g/mol. The normalized spacial score (nSPS) is 10.4. The van der Waals surface area contributed by atoms with Crippen molar-refractivity contribution < 1.29 is 18.7 Å². The highest BCUT2D eigenvalue weighted by atomic mass is 16.5. The first-order valence-corrected chi connectivity index (χ1v) is 7.64. The first kappa shape index (κ1) is 16.4. The summed E-state index contributed by atoms with van der Waals surface area (Å²) in [6.07, 6.45) is 0. The molecule has 2 aromatic carbocycles. The minimum Gasteiger partial charge on any atom is -0.460 e. The fraction of sp³-hybridized carbons (Fsp3) is 0.105. The number of rotatable bonds is 5. The Morgan fingerprint density at radius 3 is 2.52 bits per heavy atom. The zero-order chi connectivity index (χ0) is 17.6. The van der Waals surface area contributed by atoms with Crippen LogP contribution in [0.1, 0.15) is 15.9 Å². The third kappa shape index (κ3) is 4.11. The molecule has 1 aromatic heterocycles. The molecule has 0 aliphatic heterocycles. The van der Waals surface area contributed by atoms with Gasteiger partial charge in [0.05, 0.1) is 0 Å². The second kappa shape index (κ2) is 7.44.